The van der Waals surface area contributed by atoms with Crippen LogP contribution in [0.3, 0.4) is 0 Å². The third-order valence-electron chi connectivity index (χ3n) is 3.25. The lowest BCUT2D eigenvalue weighted by molar-refractivity contribution is -0.118. The second-order valence-electron chi connectivity index (χ2n) is 4.80. The van der Waals surface area contributed by atoms with Crippen molar-refractivity contribution in [3.05, 3.63) is 11.8 Å². The average molecular weight is 252 g/mol. The topological polar surface area (TPSA) is 72.9 Å². The molecule has 1 amide bonds. The minimum absolute atomic E-state index is 0.143. The summed E-state index contributed by atoms with van der Waals surface area (Å²) in [5.41, 5.74) is 6.89. The van der Waals surface area contributed by atoms with Crippen LogP contribution in [0.25, 0.3) is 0 Å². The zero-order valence-corrected chi connectivity index (χ0v) is 11.7. The Labute approximate surface area is 109 Å². The molecule has 1 aromatic heterocycles. The van der Waals surface area contributed by atoms with Crippen molar-refractivity contribution in [2.75, 3.05) is 5.32 Å². The van der Waals surface area contributed by atoms with E-state index >= 15 is 0 Å². The van der Waals surface area contributed by atoms with E-state index in [9.17, 15) is 4.79 Å². The number of aryl methyl sites for hydroxylation is 2. The molecule has 0 fully saturated rings. The molecule has 1 aromatic rings. The van der Waals surface area contributed by atoms with Gasteiger partial charge in [0.15, 0.2) is 0 Å². The molecule has 2 unspecified atom stereocenters. The zero-order chi connectivity index (χ0) is 13.7. The lowest BCUT2D eigenvalue weighted by Gasteiger charge is -2.17. The maximum absolute atomic E-state index is 12.0. The first kappa shape index (κ1) is 14.7. The molecule has 1 heterocycles. The number of rotatable bonds is 6. The quantitative estimate of drug-likeness (QED) is 0.809. The van der Waals surface area contributed by atoms with Crippen LogP contribution < -0.4 is 11.1 Å². The van der Waals surface area contributed by atoms with Gasteiger partial charge >= 0.3 is 0 Å². The molecule has 0 radical (unpaired) electrons. The first-order valence-corrected chi connectivity index (χ1v) is 6.58. The van der Waals surface area contributed by atoms with E-state index in [2.05, 4.69) is 17.3 Å². The minimum Gasteiger partial charge on any atom is -0.320 e. The highest BCUT2D eigenvalue weighted by Gasteiger charge is 2.20. The van der Waals surface area contributed by atoms with Crippen molar-refractivity contribution in [2.45, 2.75) is 46.1 Å². The molecule has 2 atom stereocenters. The second-order valence-corrected chi connectivity index (χ2v) is 4.80. The van der Waals surface area contributed by atoms with Gasteiger partial charge in [-0.3, -0.25) is 9.48 Å². The van der Waals surface area contributed by atoms with Gasteiger partial charge in [-0.1, -0.05) is 33.6 Å². The first-order valence-electron chi connectivity index (χ1n) is 6.58. The predicted molar refractivity (Wildman–Crippen MR) is 73.3 cm³/mol. The SMILES string of the molecule is CCCc1cc(NC(=O)C(N)C(C)CC)n(C)n1. The number of hydrogen-bond acceptors (Lipinski definition) is 3. The number of nitrogens with zero attached hydrogens (tertiary/aromatic N) is 2. The molecular formula is C13H24N4O. The fraction of sp³-hybridized carbons (Fsp3) is 0.692. The van der Waals surface area contributed by atoms with Crippen LogP contribution in [0.4, 0.5) is 5.82 Å². The molecule has 0 spiro atoms. The van der Waals surface area contributed by atoms with E-state index in [1.165, 1.54) is 0 Å². The van der Waals surface area contributed by atoms with Crippen molar-refractivity contribution < 1.29 is 4.79 Å². The molecule has 0 aliphatic rings. The van der Waals surface area contributed by atoms with Crippen molar-refractivity contribution in [3.63, 3.8) is 0 Å². The summed E-state index contributed by atoms with van der Waals surface area (Å²) in [4.78, 5) is 12.0. The standard InChI is InChI=1S/C13H24N4O/c1-5-7-10-8-11(17(4)16-10)15-13(18)12(14)9(3)6-2/h8-9,12H,5-7,14H2,1-4H3,(H,15,18). The maximum atomic E-state index is 12.0. The highest BCUT2D eigenvalue weighted by molar-refractivity contribution is 5.94. The molecule has 0 bridgehead atoms. The summed E-state index contributed by atoms with van der Waals surface area (Å²) in [6.45, 7) is 6.11. The van der Waals surface area contributed by atoms with Crippen molar-refractivity contribution in [2.24, 2.45) is 18.7 Å². The number of carbonyl (C=O) groups excluding carboxylic acids is 1. The Morgan fingerprint density at radius 3 is 2.78 bits per heavy atom. The molecule has 18 heavy (non-hydrogen) atoms. The van der Waals surface area contributed by atoms with Crippen LogP contribution in [0.5, 0.6) is 0 Å². The summed E-state index contributed by atoms with van der Waals surface area (Å²) in [7, 11) is 1.82. The highest BCUT2D eigenvalue weighted by Crippen LogP contribution is 2.13. The monoisotopic (exact) mass is 252 g/mol. The molecule has 0 aromatic carbocycles. The van der Waals surface area contributed by atoms with E-state index in [0.29, 0.717) is 5.82 Å². The third kappa shape index (κ3) is 3.57. The fourth-order valence-corrected chi connectivity index (χ4v) is 1.74. The number of amides is 1. The van der Waals surface area contributed by atoms with E-state index in [1.807, 2.05) is 27.0 Å². The van der Waals surface area contributed by atoms with Crippen LogP contribution in [-0.2, 0) is 18.3 Å². The van der Waals surface area contributed by atoms with Crippen molar-refractivity contribution in [1.82, 2.24) is 9.78 Å². The summed E-state index contributed by atoms with van der Waals surface area (Å²) in [6.07, 6.45) is 2.85. The van der Waals surface area contributed by atoms with Gasteiger partial charge in [0.1, 0.15) is 5.82 Å². The molecule has 5 heteroatoms. The van der Waals surface area contributed by atoms with Crippen LogP contribution in [-0.4, -0.2) is 21.7 Å². The summed E-state index contributed by atoms with van der Waals surface area (Å²) < 4.78 is 1.69. The van der Waals surface area contributed by atoms with Gasteiger partial charge in [0.25, 0.3) is 0 Å². The number of anilines is 1. The Bertz CT molecular complexity index is 400. The van der Waals surface area contributed by atoms with Crippen LogP contribution in [0.1, 0.15) is 39.3 Å². The van der Waals surface area contributed by atoms with E-state index in [4.69, 9.17) is 5.73 Å². The lowest BCUT2D eigenvalue weighted by Crippen LogP contribution is -2.40. The number of aromatic nitrogens is 2. The zero-order valence-electron chi connectivity index (χ0n) is 11.7. The fourth-order valence-electron chi connectivity index (χ4n) is 1.74. The van der Waals surface area contributed by atoms with E-state index in [0.717, 1.165) is 25.0 Å². The van der Waals surface area contributed by atoms with Gasteiger partial charge < -0.3 is 11.1 Å². The molecule has 102 valence electrons. The second kappa shape index (κ2) is 6.54. The van der Waals surface area contributed by atoms with E-state index in [1.54, 1.807) is 4.68 Å². The van der Waals surface area contributed by atoms with Gasteiger partial charge in [-0.25, -0.2) is 0 Å². The summed E-state index contributed by atoms with van der Waals surface area (Å²) >= 11 is 0. The van der Waals surface area contributed by atoms with E-state index in [-0.39, 0.29) is 11.8 Å². The molecule has 0 saturated heterocycles. The predicted octanol–water partition coefficient (Wildman–Crippen LogP) is 1.68. The van der Waals surface area contributed by atoms with Crippen molar-refractivity contribution in [1.29, 1.82) is 0 Å². The number of carbonyl (C=O) groups is 1. The summed E-state index contributed by atoms with van der Waals surface area (Å²) in [5.74, 6) is 0.742. The van der Waals surface area contributed by atoms with Gasteiger partial charge in [-0.2, -0.15) is 5.10 Å². The summed E-state index contributed by atoms with van der Waals surface area (Å²) in [5, 5.41) is 7.18. The number of nitrogens with one attached hydrogen (secondary N) is 1. The molecular weight excluding hydrogens is 228 g/mol. The summed E-state index contributed by atoms with van der Waals surface area (Å²) in [6, 6.07) is 1.43. The van der Waals surface area contributed by atoms with Gasteiger partial charge in [-0.05, 0) is 12.3 Å². The third-order valence-corrected chi connectivity index (χ3v) is 3.25. The highest BCUT2D eigenvalue weighted by atomic mass is 16.2. The molecule has 1 rings (SSSR count). The van der Waals surface area contributed by atoms with Crippen LogP contribution in [0, 0.1) is 5.92 Å². The normalized spacial score (nSPS) is 14.3. The largest absolute Gasteiger partial charge is 0.320 e. The molecule has 0 aliphatic carbocycles. The van der Waals surface area contributed by atoms with Gasteiger partial charge in [0.05, 0.1) is 11.7 Å². The smallest absolute Gasteiger partial charge is 0.242 e. The van der Waals surface area contributed by atoms with Crippen molar-refractivity contribution in [3.8, 4) is 0 Å². The number of nitrogens with two attached hydrogens (primary N) is 1. The maximum Gasteiger partial charge on any atom is 0.242 e. The molecule has 0 aliphatic heterocycles. The molecule has 5 nitrogen and oxygen atoms in total. The van der Waals surface area contributed by atoms with Crippen LogP contribution in [0.15, 0.2) is 6.07 Å². The number of hydrogen-bond donors (Lipinski definition) is 2. The van der Waals surface area contributed by atoms with Crippen molar-refractivity contribution >= 4 is 11.7 Å². The minimum atomic E-state index is -0.473. The Morgan fingerprint density at radius 1 is 1.56 bits per heavy atom. The Kier molecular flexibility index (Phi) is 5.34. The van der Waals surface area contributed by atoms with E-state index < -0.39 is 6.04 Å². The Balaban J connectivity index is 2.69. The van der Waals surface area contributed by atoms with Gasteiger partial charge in [-0.15, -0.1) is 0 Å². The average Bonchev–Trinajstić information content (AvgIpc) is 2.68. The lowest BCUT2D eigenvalue weighted by atomic mass is 9.99. The van der Waals surface area contributed by atoms with Crippen LogP contribution >= 0.6 is 0 Å². The Morgan fingerprint density at radius 2 is 2.22 bits per heavy atom. The first-order chi connectivity index (χ1) is 8.49. The van der Waals surface area contributed by atoms with Gasteiger partial charge in [0, 0.05) is 13.1 Å². The van der Waals surface area contributed by atoms with Gasteiger partial charge in [0.2, 0.25) is 5.91 Å². The van der Waals surface area contributed by atoms with Crippen LogP contribution in [0.2, 0.25) is 0 Å². The molecule has 3 N–H and O–H groups in total. The Hall–Kier alpha value is -1.36. The molecule has 0 saturated carbocycles.